The average molecular weight is 231 g/mol. The maximum atomic E-state index is 10.3. The van der Waals surface area contributed by atoms with Crippen molar-refractivity contribution >= 4 is 5.69 Å². The highest BCUT2D eigenvalue weighted by atomic mass is 16.3. The Balaban J connectivity index is 1.97. The maximum absolute atomic E-state index is 10.3. The zero-order chi connectivity index (χ0) is 12.0. The van der Waals surface area contributed by atoms with Crippen molar-refractivity contribution in [2.24, 2.45) is 0 Å². The third-order valence-corrected chi connectivity index (χ3v) is 4.37. The molecule has 1 aliphatic carbocycles. The van der Waals surface area contributed by atoms with Gasteiger partial charge in [-0.05, 0) is 44.7 Å². The van der Waals surface area contributed by atoms with Crippen LogP contribution in [0.4, 0.5) is 5.69 Å². The predicted octanol–water partition coefficient (Wildman–Crippen LogP) is 2.91. The van der Waals surface area contributed by atoms with Crippen LogP contribution in [0.3, 0.4) is 0 Å². The van der Waals surface area contributed by atoms with Gasteiger partial charge in [0.1, 0.15) is 0 Å². The minimum Gasteiger partial charge on any atom is -0.390 e. The molecule has 1 aliphatic heterocycles. The number of nitrogens with zero attached hydrogens (tertiary/aromatic N) is 1. The highest BCUT2D eigenvalue weighted by Crippen LogP contribution is 2.45. The molecule has 1 N–H and O–H groups in total. The van der Waals surface area contributed by atoms with Gasteiger partial charge in [0, 0.05) is 24.2 Å². The molecule has 3 rings (SSSR count). The summed E-state index contributed by atoms with van der Waals surface area (Å²) in [5.41, 5.74) is 2.05. The first-order valence-corrected chi connectivity index (χ1v) is 6.65. The molecule has 1 fully saturated rings. The van der Waals surface area contributed by atoms with E-state index in [0.717, 1.165) is 6.54 Å². The first-order valence-electron chi connectivity index (χ1n) is 6.65. The topological polar surface area (TPSA) is 23.5 Å². The molecule has 1 unspecified atom stereocenters. The minimum absolute atomic E-state index is 0.249. The van der Waals surface area contributed by atoms with Gasteiger partial charge in [-0.15, -0.1) is 0 Å². The Morgan fingerprint density at radius 3 is 2.53 bits per heavy atom. The molecule has 0 spiro atoms. The zero-order valence-electron chi connectivity index (χ0n) is 10.7. The number of fused-ring (bicyclic) bond motifs is 1. The van der Waals surface area contributed by atoms with Gasteiger partial charge in [-0.1, -0.05) is 18.2 Å². The molecule has 0 radical (unpaired) electrons. The van der Waals surface area contributed by atoms with E-state index in [9.17, 15) is 5.11 Å². The van der Waals surface area contributed by atoms with Crippen LogP contribution in [-0.4, -0.2) is 23.3 Å². The van der Waals surface area contributed by atoms with E-state index < -0.39 is 5.60 Å². The second kappa shape index (κ2) is 3.74. The van der Waals surface area contributed by atoms with Crippen molar-refractivity contribution in [2.45, 2.75) is 50.7 Å². The van der Waals surface area contributed by atoms with Gasteiger partial charge in [0.2, 0.25) is 0 Å². The van der Waals surface area contributed by atoms with Crippen LogP contribution in [0.2, 0.25) is 0 Å². The van der Waals surface area contributed by atoms with Gasteiger partial charge in [-0.25, -0.2) is 0 Å². The molecule has 1 heterocycles. The fourth-order valence-electron chi connectivity index (χ4n) is 3.09. The minimum atomic E-state index is -0.630. The van der Waals surface area contributed by atoms with Gasteiger partial charge in [0.05, 0.1) is 5.60 Å². The van der Waals surface area contributed by atoms with Gasteiger partial charge in [-0.2, -0.15) is 0 Å². The molecule has 1 aromatic rings. The molecule has 0 saturated heterocycles. The van der Waals surface area contributed by atoms with E-state index in [1.807, 2.05) is 13.8 Å². The molecule has 2 nitrogen and oxygen atoms in total. The summed E-state index contributed by atoms with van der Waals surface area (Å²) in [7, 11) is 0. The van der Waals surface area contributed by atoms with Crippen LogP contribution in [0.5, 0.6) is 0 Å². The standard InChI is InChI=1S/C15H21NO/c1-15(2,17)13-10-16(11-6-5-7-11)14-9-4-3-8-12(13)14/h3-4,8-9,11,13,17H,5-7,10H2,1-2H3. The van der Waals surface area contributed by atoms with Crippen LogP contribution in [0.15, 0.2) is 24.3 Å². The van der Waals surface area contributed by atoms with E-state index in [1.165, 1.54) is 30.5 Å². The highest BCUT2D eigenvalue weighted by molar-refractivity contribution is 5.62. The molecule has 0 aromatic heterocycles. The van der Waals surface area contributed by atoms with E-state index in [-0.39, 0.29) is 5.92 Å². The lowest BCUT2D eigenvalue weighted by Crippen LogP contribution is -2.41. The molecule has 0 amide bonds. The number of rotatable bonds is 2. The van der Waals surface area contributed by atoms with Gasteiger partial charge >= 0.3 is 0 Å². The molecule has 1 atom stereocenters. The van der Waals surface area contributed by atoms with Gasteiger partial charge in [-0.3, -0.25) is 0 Å². The Morgan fingerprint density at radius 2 is 1.94 bits per heavy atom. The Bertz CT molecular complexity index is 417. The number of hydrogen-bond acceptors (Lipinski definition) is 2. The third kappa shape index (κ3) is 1.75. The molecule has 0 bridgehead atoms. The van der Waals surface area contributed by atoms with E-state index >= 15 is 0 Å². The van der Waals surface area contributed by atoms with Crippen LogP contribution < -0.4 is 4.90 Å². The van der Waals surface area contributed by atoms with Crippen LogP contribution in [-0.2, 0) is 0 Å². The lowest BCUT2D eigenvalue weighted by Gasteiger charge is -2.37. The molecule has 17 heavy (non-hydrogen) atoms. The number of para-hydroxylation sites is 1. The van der Waals surface area contributed by atoms with Crippen molar-refractivity contribution < 1.29 is 5.11 Å². The Kier molecular flexibility index (Phi) is 2.44. The van der Waals surface area contributed by atoms with Crippen molar-refractivity contribution in [1.82, 2.24) is 0 Å². The van der Waals surface area contributed by atoms with Gasteiger partial charge < -0.3 is 10.0 Å². The predicted molar refractivity (Wildman–Crippen MR) is 70.5 cm³/mol. The molecule has 1 saturated carbocycles. The lowest BCUT2D eigenvalue weighted by atomic mass is 9.86. The normalized spacial score (nSPS) is 24.6. The summed E-state index contributed by atoms with van der Waals surface area (Å²) in [5.74, 6) is 0.249. The second-order valence-corrected chi connectivity index (χ2v) is 6.00. The van der Waals surface area contributed by atoms with E-state index in [2.05, 4.69) is 29.2 Å². The number of benzene rings is 1. The van der Waals surface area contributed by atoms with Crippen molar-refractivity contribution in [3.8, 4) is 0 Å². The van der Waals surface area contributed by atoms with Crippen LogP contribution in [0, 0.1) is 0 Å². The van der Waals surface area contributed by atoms with Crippen molar-refractivity contribution in [2.75, 3.05) is 11.4 Å². The van der Waals surface area contributed by atoms with Crippen molar-refractivity contribution in [1.29, 1.82) is 0 Å². The average Bonchev–Trinajstić information content (AvgIpc) is 2.55. The number of aliphatic hydroxyl groups is 1. The third-order valence-electron chi connectivity index (χ3n) is 4.37. The summed E-state index contributed by atoms with van der Waals surface area (Å²) in [4.78, 5) is 2.52. The number of hydrogen-bond donors (Lipinski definition) is 1. The summed E-state index contributed by atoms with van der Waals surface area (Å²) in [5, 5.41) is 10.3. The summed E-state index contributed by atoms with van der Waals surface area (Å²) < 4.78 is 0. The summed E-state index contributed by atoms with van der Waals surface area (Å²) in [6.07, 6.45) is 3.98. The largest absolute Gasteiger partial charge is 0.390 e. The molecular weight excluding hydrogens is 210 g/mol. The molecule has 92 valence electrons. The van der Waals surface area contributed by atoms with Crippen molar-refractivity contribution in [3.05, 3.63) is 29.8 Å². The molecular formula is C15H21NO. The first kappa shape index (κ1) is 11.1. The fourth-order valence-corrected chi connectivity index (χ4v) is 3.09. The SMILES string of the molecule is CC(C)(O)C1CN(C2CCC2)c2ccccc21. The second-order valence-electron chi connectivity index (χ2n) is 6.00. The number of anilines is 1. The maximum Gasteiger partial charge on any atom is 0.0677 e. The van der Waals surface area contributed by atoms with E-state index in [1.54, 1.807) is 0 Å². The van der Waals surface area contributed by atoms with Crippen molar-refractivity contribution in [3.63, 3.8) is 0 Å². The summed E-state index contributed by atoms with van der Waals surface area (Å²) in [6.45, 7) is 4.84. The van der Waals surface area contributed by atoms with Gasteiger partial charge in [0.25, 0.3) is 0 Å². The summed E-state index contributed by atoms with van der Waals surface area (Å²) in [6, 6.07) is 9.29. The van der Waals surface area contributed by atoms with E-state index in [0.29, 0.717) is 6.04 Å². The fraction of sp³-hybridized carbons (Fsp3) is 0.600. The Hall–Kier alpha value is -1.02. The smallest absolute Gasteiger partial charge is 0.0677 e. The van der Waals surface area contributed by atoms with Crippen LogP contribution >= 0.6 is 0 Å². The molecule has 2 aliphatic rings. The Morgan fingerprint density at radius 1 is 1.24 bits per heavy atom. The van der Waals surface area contributed by atoms with Crippen LogP contribution in [0.25, 0.3) is 0 Å². The monoisotopic (exact) mass is 231 g/mol. The summed E-state index contributed by atoms with van der Waals surface area (Å²) >= 11 is 0. The molecule has 1 aromatic carbocycles. The van der Waals surface area contributed by atoms with Gasteiger partial charge in [0.15, 0.2) is 0 Å². The molecule has 2 heteroatoms. The zero-order valence-corrected chi connectivity index (χ0v) is 10.7. The first-order chi connectivity index (χ1) is 8.07. The highest BCUT2D eigenvalue weighted by Gasteiger charge is 2.40. The lowest BCUT2D eigenvalue weighted by molar-refractivity contribution is 0.0540. The Labute approximate surface area is 103 Å². The van der Waals surface area contributed by atoms with Crippen LogP contribution in [0.1, 0.15) is 44.6 Å². The quantitative estimate of drug-likeness (QED) is 0.846. The van der Waals surface area contributed by atoms with E-state index in [4.69, 9.17) is 0 Å².